The third-order valence-corrected chi connectivity index (χ3v) is 3.22. The van der Waals surface area contributed by atoms with E-state index in [2.05, 4.69) is 16.7 Å². The fourth-order valence-corrected chi connectivity index (χ4v) is 2.16. The SMILES string of the molecule is Cc1ccc(NC(=S)Nc2ccc(C(=O)O)cc2)c(C)c1. The van der Waals surface area contributed by atoms with Gasteiger partial charge in [-0.15, -0.1) is 0 Å². The molecule has 2 rings (SSSR count). The van der Waals surface area contributed by atoms with Crippen molar-refractivity contribution in [3.63, 3.8) is 0 Å². The predicted octanol–water partition coefficient (Wildman–Crippen LogP) is 3.81. The normalized spacial score (nSPS) is 10.0. The van der Waals surface area contributed by atoms with Crippen LogP contribution in [-0.4, -0.2) is 16.2 Å². The number of carboxylic acid groups (broad SMARTS) is 1. The zero-order valence-corrected chi connectivity index (χ0v) is 12.6. The zero-order chi connectivity index (χ0) is 15.4. The zero-order valence-electron chi connectivity index (χ0n) is 11.8. The van der Waals surface area contributed by atoms with Gasteiger partial charge in [-0.2, -0.15) is 0 Å². The van der Waals surface area contributed by atoms with Crippen LogP contribution in [0.4, 0.5) is 11.4 Å². The molecular formula is C16H16N2O2S. The van der Waals surface area contributed by atoms with Crippen LogP contribution in [0.5, 0.6) is 0 Å². The number of carbonyl (C=O) groups is 1. The van der Waals surface area contributed by atoms with E-state index in [0.29, 0.717) is 5.11 Å². The number of aryl methyl sites for hydroxylation is 2. The molecular weight excluding hydrogens is 284 g/mol. The minimum absolute atomic E-state index is 0.244. The molecule has 0 heterocycles. The highest BCUT2D eigenvalue weighted by Crippen LogP contribution is 2.17. The Morgan fingerprint density at radius 1 is 1.05 bits per heavy atom. The van der Waals surface area contributed by atoms with Gasteiger partial charge in [0, 0.05) is 11.4 Å². The maximum atomic E-state index is 10.8. The number of aromatic carboxylic acids is 1. The lowest BCUT2D eigenvalue weighted by molar-refractivity contribution is 0.0697. The molecule has 2 aromatic rings. The first kappa shape index (κ1) is 15.0. The first-order valence-corrected chi connectivity index (χ1v) is 6.85. The number of hydrogen-bond acceptors (Lipinski definition) is 2. The molecule has 0 bridgehead atoms. The van der Waals surface area contributed by atoms with E-state index in [0.717, 1.165) is 16.9 Å². The average molecular weight is 300 g/mol. The van der Waals surface area contributed by atoms with Crippen LogP contribution in [0.3, 0.4) is 0 Å². The standard InChI is InChI=1S/C16H16N2O2S/c1-10-3-8-14(11(2)9-10)18-16(21)17-13-6-4-12(5-7-13)15(19)20/h3-9H,1-2H3,(H,19,20)(H2,17,18,21). The lowest BCUT2D eigenvalue weighted by Crippen LogP contribution is -2.19. The van der Waals surface area contributed by atoms with Gasteiger partial charge in [0.2, 0.25) is 0 Å². The Morgan fingerprint density at radius 2 is 1.71 bits per heavy atom. The molecule has 0 fully saturated rings. The van der Waals surface area contributed by atoms with Crippen LogP contribution < -0.4 is 10.6 Å². The van der Waals surface area contributed by atoms with Crippen molar-refractivity contribution >= 4 is 34.7 Å². The van der Waals surface area contributed by atoms with Crippen LogP contribution in [0.25, 0.3) is 0 Å². The number of benzene rings is 2. The monoisotopic (exact) mass is 300 g/mol. The first-order valence-electron chi connectivity index (χ1n) is 6.44. The fraction of sp³-hybridized carbons (Fsp3) is 0.125. The lowest BCUT2D eigenvalue weighted by Gasteiger charge is -2.13. The van der Waals surface area contributed by atoms with E-state index in [1.165, 1.54) is 17.7 Å². The summed E-state index contributed by atoms with van der Waals surface area (Å²) in [6, 6.07) is 12.5. The summed E-state index contributed by atoms with van der Waals surface area (Å²) in [5.74, 6) is -0.947. The van der Waals surface area contributed by atoms with E-state index in [4.69, 9.17) is 17.3 Å². The third kappa shape index (κ3) is 4.03. The molecule has 0 aliphatic rings. The van der Waals surface area contributed by atoms with Crippen molar-refractivity contribution in [2.45, 2.75) is 13.8 Å². The highest BCUT2D eigenvalue weighted by molar-refractivity contribution is 7.80. The van der Waals surface area contributed by atoms with Gasteiger partial charge in [-0.1, -0.05) is 17.7 Å². The van der Waals surface area contributed by atoms with Gasteiger partial charge in [-0.05, 0) is 62.0 Å². The second-order valence-electron chi connectivity index (χ2n) is 4.78. The van der Waals surface area contributed by atoms with Gasteiger partial charge >= 0.3 is 5.97 Å². The molecule has 2 aromatic carbocycles. The van der Waals surface area contributed by atoms with Gasteiger partial charge < -0.3 is 15.7 Å². The van der Waals surface area contributed by atoms with Crippen LogP contribution in [0.2, 0.25) is 0 Å². The topological polar surface area (TPSA) is 61.4 Å². The van der Waals surface area contributed by atoms with Crippen molar-refractivity contribution in [1.29, 1.82) is 0 Å². The minimum Gasteiger partial charge on any atom is -0.478 e. The van der Waals surface area contributed by atoms with E-state index in [1.54, 1.807) is 12.1 Å². The summed E-state index contributed by atoms with van der Waals surface area (Å²) in [5, 5.41) is 15.5. The van der Waals surface area contributed by atoms with Crippen molar-refractivity contribution in [3.05, 3.63) is 59.2 Å². The Bertz CT molecular complexity index is 681. The van der Waals surface area contributed by atoms with Crippen LogP contribution in [0.15, 0.2) is 42.5 Å². The van der Waals surface area contributed by atoms with Gasteiger partial charge in [0.15, 0.2) is 5.11 Å². The van der Waals surface area contributed by atoms with Gasteiger partial charge in [-0.3, -0.25) is 0 Å². The summed E-state index contributed by atoms with van der Waals surface area (Å²) in [7, 11) is 0. The number of thiocarbonyl (C=S) groups is 1. The van der Waals surface area contributed by atoms with Crippen LogP contribution in [0.1, 0.15) is 21.5 Å². The number of hydrogen-bond donors (Lipinski definition) is 3. The van der Waals surface area contributed by atoms with Crippen molar-refractivity contribution in [2.75, 3.05) is 10.6 Å². The van der Waals surface area contributed by atoms with E-state index in [9.17, 15) is 4.79 Å². The molecule has 0 aromatic heterocycles. The molecule has 0 spiro atoms. The molecule has 0 saturated carbocycles. The largest absolute Gasteiger partial charge is 0.478 e. The Morgan fingerprint density at radius 3 is 2.29 bits per heavy atom. The van der Waals surface area contributed by atoms with Gasteiger partial charge in [-0.25, -0.2) is 4.79 Å². The second kappa shape index (κ2) is 6.37. The van der Waals surface area contributed by atoms with Gasteiger partial charge in [0.05, 0.1) is 5.56 Å². The van der Waals surface area contributed by atoms with Crippen molar-refractivity contribution in [2.24, 2.45) is 0 Å². The van der Waals surface area contributed by atoms with Gasteiger partial charge in [0.1, 0.15) is 0 Å². The molecule has 4 nitrogen and oxygen atoms in total. The summed E-state index contributed by atoms with van der Waals surface area (Å²) >= 11 is 5.26. The molecule has 0 unspecified atom stereocenters. The van der Waals surface area contributed by atoms with Crippen LogP contribution in [-0.2, 0) is 0 Å². The van der Waals surface area contributed by atoms with Gasteiger partial charge in [0.25, 0.3) is 0 Å². The third-order valence-electron chi connectivity index (χ3n) is 3.02. The summed E-state index contributed by atoms with van der Waals surface area (Å²) in [6.07, 6.45) is 0. The van der Waals surface area contributed by atoms with Crippen molar-refractivity contribution in [3.8, 4) is 0 Å². The molecule has 0 saturated heterocycles. The summed E-state index contributed by atoms with van der Waals surface area (Å²) in [5.41, 5.74) is 4.23. The van der Waals surface area contributed by atoms with E-state index in [1.807, 2.05) is 26.0 Å². The number of anilines is 2. The van der Waals surface area contributed by atoms with E-state index >= 15 is 0 Å². The molecule has 0 aliphatic carbocycles. The van der Waals surface area contributed by atoms with Crippen molar-refractivity contribution < 1.29 is 9.90 Å². The summed E-state index contributed by atoms with van der Waals surface area (Å²) in [4.78, 5) is 10.8. The average Bonchev–Trinajstić information content (AvgIpc) is 2.42. The molecule has 0 amide bonds. The maximum Gasteiger partial charge on any atom is 0.335 e. The second-order valence-corrected chi connectivity index (χ2v) is 5.19. The van der Waals surface area contributed by atoms with E-state index in [-0.39, 0.29) is 5.56 Å². The fourth-order valence-electron chi connectivity index (χ4n) is 1.93. The number of carboxylic acids is 1. The van der Waals surface area contributed by atoms with Crippen LogP contribution in [0, 0.1) is 13.8 Å². The Balaban J connectivity index is 2.02. The first-order chi connectivity index (χ1) is 9.95. The van der Waals surface area contributed by atoms with Crippen LogP contribution >= 0.6 is 12.2 Å². The maximum absolute atomic E-state index is 10.8. The highest BCUT2D eigenvalue weighted by atomic mass is 32.1. The summed E-state index contributed by atoms with van der Waals surface area (Å²) < 4.78 is 0. The quantitative estimate of drug-likeness (QED) is 0.752. The molecule has 3 N–H and O–H groups in total. The molecule has 5 heteroatoms. The predicted molar refractivity (Wildman–Crippen MR) is 89.2 cm³/mol. The lowest BCUT2D eigenvalue weighted by atomic mass is 10.1. The molecule has 0 aliphatic heterocycles. The summed E-state index contributed by atoms with van der Waals surface area (Å²) in [6.45, 7) is 4.05. The Labute approximate surface area is 128 Å². The van der Waals surface area contributed by atoms with E-state index < -0.39 is 5.97 Å². The molecule has 0 atom stereocenters. The number of nitrogens with one attached hydrogen (secondary N) is 2. The number of rotatable bonds is 3. The highest BCUT2D eigenvalue weighted by Gasteiger charge is 2.04. The molecule has 108 valence electrons. The Kier molecular flexibility index (Phi) is 4.55. The smallest absolute Gasteiger partial charge is 0.335 e. The van der Waals surface area contributed by atoms with Crippen molar-refractivity contribution in [1.82, 2.24) is 0 Å². The molecule has 21 heavy (non-hydrogen) atoms. The Hall–Kier alpha value is -2.40. The minimum atomic E-state index is -0.947. The molecule has 0 radical (unpaired) electrons.